The SMILES string of the molecule is CC(C)(C)c1csc(NC(=O)CSc2nc(-c3ccccc3F)nc3c2cnn3-c2ccccc2)n1. The van der Waals surface area contributed by atoms with Crippen molar-refractivity contribution in [3.63, 3.8) is 0 Å². The molecule has 0 fully saturated rings. The number of thioether (sulfide) groups is 1. The normalized spacial score (nSPS) is 11.7. The van der Waals surface area contributed by atoms with Crippen LogP contribution in [0.5, 0.6) is 0 Å². The fourth-order valence-corrected chi connectivity index (χ4v) is 5.22. The molecule has 0 aliphatic carbocycles. The Kier molecular flexibility index (Phi) is 6.55. The van der Waals surface area contributed by atoms with E-state index in [1.807, 2.05) is 35.7 Å². The minimum atomic E-state index is -0.422. The topological polar surface area (TPSA) is 85.6 Å². The number of aromatic nitrogens is 5. The van der Waals surface area contributed by atoms with Gasteiger partial charge in [-0.25, -0.2) is 24.0 Å². The largest absolute Gasteiger partial charge is 0.301 e. The molecule has 1 N–H and O–H groups in total. The molecule has 2 aromatic carbocycles. The third kappa shape index (κ3) is 5.00. The number of anilines is 1. The smallest absolute Gasteiger partial charge is 0.236 e. The quantitative estimate of drug-likeness (QED) is 0.216. The van der Waals surface area contributed by atoms with Gasteiger partial charge in [0.15, 0.2) is 16.6 Å². The van der Waals surface area contributed by atoms with Gasteiger partial charge in [0.2, 0.25) is 5.91 Å². The van der Waals surface area contributed by atoms with Crippen molar-refractivity contribution in [2.45, 2.75) is 31.2 Å². The van der Waals surface area contributed by atoms with E-state index >= 15 is 0 Å². The minimum absolute atomic E-state index is 0.0944. The van der Waals surface area contributed by atoms with Crippen molar-refractivity contribution in [2.24, 2.45) is 0 Å². The number of rotatable bonds is 6. The Morgan fingerprint density at radius 2 is 1.81 bits per heavy atom. The van der Waals surface area contributed by atoms with Crippen molar-refractivity contribution in [2.75, 3.05) is 11.1 Å². The average molecular weight is 519 g/mol. The highest BCUT2D eigenvalue weighted by Gasteiger charge is 2.20. The molecule has 0 bridgehead atoms. The molecule has 0 aliphatic heterocycles. The zero-order valence-electron chi connectivity index (χ0n) is 19.9. The van der Waals surface area contributed by atoms with E-state index in [1.165, 1.54) is 29.2 Å². The van der Waals surface area contributed by atoms with Gasteiger partial charge in [0, 0.05) is 10.8 Å². The predicted octanol–water partition coefficient (Wildman–Crippen LogP) is 6.11. The molecule has 0 saturated carbocycles. The number of nitrogens with zero attached hydrogens (tertiary/aromatic N) is 5. The molecule has 36 heavy (non-hydrogen) atoms. The summed E-state index contributed by atoms with van der Waals surface area (Å²) in [5.74, 6) is -0.292. The third-order valence-corrected chi connectivity index (χ3v) is 7.12. The molecule has 3 aromatic heterocycles. The van der Waals surface area contributed by atoms with Crippen LogP contribution in [0.1, 0.15) is 26.5 Å². The second-order valence-corrected chi connectivity index (χ2v) is 10.9. The Morgan fingerprint density at radius 1 is 1.06 bits per heavy atom. The monoisotopic (exact) mass is 518 g/mol. The number of fused-ring (bicyclic) bond motifs is 1. The summed E-state index contributed by atoms with van der Waals surface area (Å²) in [6.07, 6.45) is 1.67. The van der Waals surface area contributed by atoms with E-state index in [0.717, 1.165) is 11.4 Å². The fraction of sp³-hybridized carbons (Fsp3) is 0.192. The summed E-state index contributed by atoms with van der Waals surface area (Å²) in [4.78, 5) is 26.5. The number of hydrogen-bond acceptors (Lipinski definition) is 7. The highest BCUT2D eigenvalue weighted by atomic mass is 32.2. The van der Waals surface area contributed by atoms with Gasteiger partial charge in [0.25, 0.3) is 0 Å². The minimum Gasteiger partial charge on any atom is -0.301 e. The first-order valence-electron chi connectivity index (χ1n) is 11.2. The first-order chi connectivity index (χ1) is 17.3. The molecule has 0 spiro atoms. The highest BCUT2D eigenvalue weighted by Crippen LogP contribution is 2.31. The van der Waals surface area contributed by atoms with E-state index in [0.29, 0.717) is 21.2 Å². The molecule has 0 unspecified atom stereocenters. The Balaban J connectivity index is 1.47. The van der Waals surface area contributed by atoms with Gasteiger partial charge in [-0.1, -0.05) is 62.9 Å². The summed E-state index contributed by atoms with van der Waals surface area (Å²) >= 11 is 2.65. The first kappa shape index (κ1) is 24.1. The van der Waals surface area contributed by atoms with E-state index in [2.05, 4.69) is 46.1 Å². The van der Waals surface area contributed by atoms with E-state index in [4.69, 9.17) is 0 Å². The van der Waals surface area contributed by atoms with E-state index < -0.39 is 5.82 Å². The number of benzene rings is 2. The third-order valence-electron chi connectivity index (χ3n) is 5.37. The van der Waals surface area contributed by atoms with Gasteiger partial charge < -0.3 is 5.32 Å². The van der Waals surface area contributed by atoms with Gasteiger partial charge in [0.1, 0.15) is 10.8 Å². The van der Waals surface area contributed by atoms with Crippen LogP contribution in [-0.4, -0.2) is 36.4 Å². The lowest BCUT2D eigenvalue weighted by molar-refractivity contribution is -0.113. The van der Waals surface area contributed by atoms with Crippen LogP contribution in [0.3, 0.4) is 0 Å². The Bertz CT molecular complexity index is 1540. The van der Waals surface area contributed by atoms with E-state index in [-0.39, 0.29) is 28.5 Å². The van der Waals surface area contributed by atoms with Crippen molar-refractivity contribution in [3.8, 4) is 17.1 Å². The molecule has 7 nitrogen and oxygen atoms in total. The second kappa shape index (κ2) is 9.79. The molecule has 10 heteroatoms. The lowest BCUT2D eigenvalue weighted by Crippen LogP contribution is -2.15. The van der Waals surface area contributed by atoms with Gasteiger partial charge in [-0.3, -0.25) is 4.79 Å². The number of carbonyl (C=O) groups excluding carboxylic acids is 1. The molecule has 1 amide bonds. The van der Waals surface area contributed by atoms with Crippen LogP contribution in [0.25, 0.3) is 28.1 Å². The molecule has 3 heterocycles. The molecular formula is C26H23FN6OS2. The number of carbonyl (C=O) groups is 1. The van der Waals surface area contributed by atoms with Gasteiger partial charge in [-0.2, -0.15) is 5.10 Å². The van der Waals surface area contributed by atoms with Crippen molar-refractivity contribution >= 4 is 45.2 Å². The molecule has 0 radical (unpaired) electrons. The Morgan fingerprint density at radius 3 is 2.53 bits per heavy atom. The number of halogens is 1. The predicted molar refractivity (Wildman–Crippen MR) is 142 cm³/mol. The van der Waals surface area contributed by atoms with E-state index in [9.17, 15) is 9.18 Å². The lowest BCUT2D eigenvalue weighted by atomic mass is 9.93. The maximum Gasteiger partial charge on any atom is 0.236 e. The second-order valence-electron chi connectivity index (χ2n) is 9.09. The number of para-hydroxylation sites is 1. The molecular weight excluding hydrogens is 495 g/mol. The molecule has 182 valence electrons. The first-order valence-corrected chi connectivity index (χ1v) is 13.1. The summed E-state index contributed by atoms with van der Waals surface area (Å²) in [6, 6.07) is 15.9. The summed E-state index contributed by atoms with van der Waals surface area (Å²) in [6.45, 7) is 6.23. The van der Waals surface area contributed by atoms with Crippen molar-refractivity contribution in [1.82, 2.24) is 24.7 Å². The van der Waals surface area contributed by atoms with Gasteiger partial charge in [-0.05, 0) is 24.3 Å². The number of thiazole rings is 1. The van der Waals surface area contributed by atoms with Crippen LogP contribution < -0.4 is 5.32 Å². The standard InChI is InChI=1S/C26H23FN6OS2/c1-26(2,3)20-14-36-25(29-20)30-21(34)15-35-24-18-13-28-33(16-9-5-4-6-10-16)23(18)31-22(32-24)17-11-7-8-12-19(17)27/h4-14H,15H2,1-3H3,(H,29,30,34). The molecule has 5 aromatic rings. The van der Waals surface area contributed by atoms with Crippen LogP contribution in [-0.2, 0) is 10.2 Å². The average Bonchev–Trinajstić information content (AvgIpc) is 3.51. The zero-order valence-corrected chi connectivity index (χ0v) is 21.5. The van der Waals surface area contributed by atoms with Crippen LogP contribution in [0.4, 0.5) is 9.52 Å². The highest BCUT2D eigenvalue weighted by molar-refractivity contribution is 8.00. The van der Waals surface area contributed by atoms with Crippen LogP contribution in [0.15, 0.2) is 71.2 Å². The number of nitrogens with one attached hydrogen (secondary N) is 1. The Labute approximate surface area is 215 Å². The summed E-state index contributed by atoms with van der Waals surface area (Å²) in [5, 5.41) is 11.1. The van der Waals surface area contributed by atoms with Crippen LogP contribution >= 0.6 is 23.1 Å². The maximum absolute atomic E-state index is 14.6. The van der Waals surface area contributed by atoms with Gasteiger partial charge >= 0.3 is 0 Å². The Hall–Kier alpha value is -3.63. The van der Waals surface area contributed by atoms with Crippen molar-refractivity contribution < 1.29 is 9.18 Å². The molecule has 5 rings (SSSR count). The summed E-state index contributed by atoms with van der Waals surface area (Å²) in [7, 11) is 0. The van der Waals surface area contributed by atoms with Gasteiger partial charge in [0.05, 0.1) is 34.3 Å². The van der Waals surface area contributed by atoms with Crippen molar-refractivity contribution in [1.29, 1.82) is 0 Å². The van der Waals surface area contributed by atoms with Crippen LogP contribution in [0, 0.1) is 5.82 Å². The van der Waals surface area contributed by atoms with Gasteiger partial charge in [-0.15, -0.1) is 11.3 Å². The molecule has 0 atom stereocenters. The summed E-state index contributed by atoms with van der Waals surface area (Å²) in [5.41, 5.74) is 2.47. The number of hydrogen-bond donors (Lipinski definition) is 1. The fourth-order valence-electron chi connectivity index (χ4n) is 3.48. The maximum atomic E-state index is 14.6. The zero-order chi connectivity index (χ0) is 25.3. The molecule has 0 saturated heterocycles. The lowest BCUT2D eigenvalue weighted by Gasteiger charge is -2.14. The van der Waals surface area contributed by atoms with E-state index in [1.54, 1.807) is 29.1 Å². The molecule has 0 aliphatic rings. The number of amides is 1. The van der Waals surface area contributed by atoms with Crippen LogP contribution in [0.2, 0.25) is 0 Å². The summed E-state index contributed by atoms with van der Waals surface area (Å²) < 4.78 is 16.3. The van der Waals surface area contributed by atoms with Crippen molar-refractivity contribution in [3.05, 3.63) is 77.7 Å².